The molecule has 0 N–H and O–H groups in total. The summed E-state index contributed by atoms with van der Waals surface area (Å²) in [4.78, 5) is 2.25. The number of aryl methyl sites for hydroxylation is 1. The molecule has 0 unspecified atom stereocenters. The fraction of sp³-hybridized carbons (Fsp3) is 0.429. The summed E-state index contributed by atoms with van der Waals surface area (Å²) in [5.74, 6) is 0. The van der Waals surface area contributed by atoms with Crippen molar-refractivity contribution in [3.63, 3.8) is 0 Å². The van der Waals surface area contributed by atoms with E-state index in [0.29, 0.717) is 0 Å². The molecule has 0 spiro atoms. The normalized spacial score (nSPS) is 10.0. The Labute approximate surface area is 93.4 Å². The summed E-state index contributed by atoms with van der Waals surface area (Å²) in [5.41, 5.74) is 2.76. The van der Waals surface area contributed by atoms with E-state index in [1.165, 1.54) is 17.5 Å². The van der Waals surface area contributed by atoms with Gasteiger partial charge in [0.2, 0.25) is 0 Å². The zero-order valence-corrected chi connectivity index (χ0v) is 9.87. The Balaban J connectivity index is 2.58. The molecule has 1 rings (SSSR count). The third-order valence-corrected chi connectivity index (χ3v) is 2.59. The summed E-state index contributed by atoms with van der Waals surface area (Å²) >= 11 is 0. The summed E-state index contributed by atoms with van der Waals surface area (Å²) in [6.45, 7) is 10.3. The average Bonchev–Trinajstić information content (AvgIpc) is 2.29. The Kier molecular flexibility index (Phi) is 4.96. The second-order valence-electron chi connectivity index (χ2n) is 3.82. The summed E-state index contributed by atoms with van der Waals surface area (Å²) in [5, 5.41) is 0. The van der Waals surface area contributed by atoms with Crippen molar-refractivity contribution in [2.24, 2.45) is 0 Å². The Morgan fingerprint density at radius 1 is 1.13 bits per heavy atom. The minimum absolute atomic E-state index is 0.974. The van der Waals surface area contributed by atoms with Gasteiger partial charge in [0.25, 0.3) is 0 Å². The first-order valence-corrected chi connectivity index (χ1v) is 5.74. The lowest BCUT2D eigenvalue weighted by Crippen LogP contribution is -2.16. The van der Waals surface area contributed by atoms with E-state index in [1.54, 1.807) is 0 Å². The Bertz CT molecular complexity index is 287. The van der Waals surface area contributed by atoms with Crippen LogP contribution in [0.25, 0.3) is 0 Å². The van der Waals surface area contributed by atoms with Crippen LogP contribution in [0.1, 0.15) is 31.4 Å². The fourth-order valence-corrected chi connectivity index (χ4v) is 1.64. The number of rotatable bonds is 6. The summed E-state index contributed by atoms with van der Waals surface area (Å²) in [6, 6.07) is 8.85. The molecule has 1 aromatic carbocycles. The Morgan fingerprint density at radius 3 is 2.20 bits per heavy atom. The van der Waals surface area contributed by atoms with E-state index < -0.39 is 0 Å². The predicted molar refractivity (Wildman–Crippen MR) is 66.7 cm³/mol. The van der Waals surface area contributed by atoms with Gasteiger partial charge in [0.05, 0.1) is 0 Å². The molecular weight excluding hydrogens is 182 g/mol. The zero-order valence-electron chi connectivity index (χ0n) is 9.87. The lowest BCUT2D eigenvalue weighted by molar-refractivity contribution is 0.370. The molecule has 0 aliphatic rings. The van der Waals surface area contributed by atoms with Gasteiger partial charge in [0.15, 0.2) is 0 Å². The summed E-state index contributed by atoms with van der Waals surface area (Å²) in [6.07, 6.45) is 4.21. The summed E-state index contributed by atoms with van der Waals surface area (Å²) in [7, 11) is 0. The molecule has 0 amide bonds. The van der Waals surface area contributed by atoms with Gasteiger partial charge in [0.1, 0.15) is 0 Å². The maximum Gasteiger partial charge on any atom is 0.0423 e. The molecule has 0 radical (unpaired) electrons. The van der Waals surface area contributed by atoms with Gasteiger partial charge in [-0.05, 0) is 30.2 Å². The highest BCUT2D eigenvalue weighted by molar-refractivity contribution is 5.22. The molecule has 0 atom stereocenters. The smallest absolute Gasteiger partial charge is 0.0423 e. The molecule has 0 saturated carbocycles. The van der Waals surface area contributed by atoms with Gasteiger partial charge in [-0.15, -0.1) is 0 Å². The van der Waals surface area contributed by atoms with E-state index in [2.05, 4.69) is 49.6 Å². The van der Waals surface area contributed by atoms with Crippen LogP contribution in [0.5, 0.6) is 0 Å². The highest BCUT2D eigenvalue weighted by atomic mass is 15.1. The van der Waals surface area contributed by atoms with E-state index in [9.17, 15) is 0 Å². The van der Waals surface area contributed by atoms with Crippen molar-refractivity contribution >= 4 is 0 Å². The van der Waals surface area contributed by atoms with Crippen molar-refractivity contribution < 1.29 is 0 Å². The molecule has 1 heteroatoms. The monoisotopic (exact) mass is 203 g/mol. The lowest BCUT2D eigenvalue weighted by atomic mass is 10.1. The van der Waals surface area contributed by atoms with Crippen LogP contribution in [-0.2, 0) is 13.0 Å². The second kappa shape index (κ2) is 6.28. The molecule has 0 fully saturated rings. The first-order chi connectivity index (χ1) is 7.30. The van der Waals surface area contributed by atoms with Crippen molar-refractivity contribution in [2.75, 3.05) is 6.54 Å². The van der Waals surface area contributed by atoms with E-state index in [0.717, 1.165) is 19.5 Å². The first kappa shape index (κ1) is 11.8. The highest BCUT2D eigenvalue weighted by Crippen LogP contribution is 2.08. The number of hydrogen-bond donors (Lipinski definition) is 0. The van der Waals surface area contributed by atoms with Crippen molar-refractivity contribution in [2.45, 2.75) is 33.2 Å². The van der Waals surface area contributed by atoms with Crippen LogP contribution in [0.15, 0.2) is 37.0 Å². The maximum absolute atomic E-state index is 3.84. The van der Waals surface area contributed by atoms with Crippen molar-refractivity contribution in [1.29, 1.82) is 0 Å². The van der Waals surface area contributed by atoms with E-state index in [-0.39, 0.29) is 0 Å². The van der Waals surface area contributed by atoms with Gasteiger partial charge >= 0.3 is 0 Å². The standard InChI is InChI=1S/C14H21N/c1-4-11-15(6-3)12-14-9-7-13(5-2)8-10-14/h6-10H,3-5,11-12H2,1-2H3. The Hall–Kier alpha value is -1.24. The average molecular weight is 203 g/mol. The molecule has 0 aliphatic carbocycles. The van der Waals surface area contributed by atoms with E-state index in [1.807, 2.05) is 6.20 Å². The topological polar surface area (TPSA) is 3.24 Å². The van der Waals surface area contributed by atoms with Gasteiger partial charge in [-0.2, -0.15) is 0 Å². The minimum Gasteiger partial charge on any atom is -0.374 e. The minimum atomic E-state index is 0.974. The van der Waals surface area contributed by atoms with Crippen LogP contribution in [0.2, 0.25) is 0 Å². The molecule has 0 aliphatic heterocycles. The van der Waals surface area contributed by atoms with E-state index in [4.69, 9.17) is 0 Å². The fourth-order valence-electron chi connectivity index (χ4n) is 1.64. The third kappa shape index (κ3) is 3.78. The Morgan fingerprint density at radius 2 is 1.73 bits per heavy atom. The van der Waals surface area contributed by atoms with Gasteiger partial charge in [0, 0.05) is 13.1 Å². The maximum atomic E-state index is 3.84. The number of benzene rings is 1. The number of nitrogens with zero attached hydrogens (tertiary/aromatic N) is 1. The highest BCUT2D eigenvalue weighted by Gasteiger charge is 1.99. The molecule has 0 heterocycles. The molecule has 1 aromatic rings. The van der Waals surface area contributed by atoms with E-state index >= 15 is 0 Å². The molecule has 0 aromatic heterocycles. The van der Waals surface area contributed by atoms with Gasteiger partial charge in [-0.3, -0.25) is 0 Å². The van der Waals surface area contributed by atoms with Crippen LogP contribution < -0.4 is 0 Å². The first-order valence-electron chi connectivity index (χ1n) is 5.74. The van der Waals surface area contributed by atoms with Crippen LogP contribution in [0.3, 0.4) is 0 Å². The lowest BCUT2D eigenvalue weighted by Gasteiger charge is -2.19. The molecule has 82 valence electrons. The third-order valence-electron chi connectivity index (χ3n) is 2.59. The molecule has 1 nitrogen and oxygen atoms in total. The van der Waals surface area contributed by atoms with Gasteiger partial charge < -0.3 is 4.90 Å². The second-order valence-corrected chi connectivity index (χ2v) is 3.82. The van der Waals surface area contributed by atoms with Gasteiger partial charge in [-0.1, -0.05) is 44.7 Å². The zero-order chi connectivity index (χ0) is 11.1. The largest absolute Gasteiger partial charge is 0.374 e. The number of hydrogen-bond acceptors (Lipinski definition) is 1. The van der Waals surface area contributed by atoms with Crippen molar-refractivity contribution in [1.82, 2.24) is 4.90 Å². The summed E-state index contributed by atoms with van der Waals surface area (Å²) < 4.78 is 0. The SMILES string of the molecule is C=CN(CCC)Cc1ccc(CC)cc1. The quantitative estimate of drug-likeness (QED) is 0.682. The van der Waals surface area contributed by atoms with Crippen LogP contribution in [0, 0.1) is 0 Å². The van der Waals surface area contributed by atoms with Crippen molar-refractivity contribution in [3.05, 3.63) is 48.2 Å². The molecule has 15 heavy (non-hydrogen) atoms. The van der Waals surface area contributed by atoms with Crippen LogP contribution in [0.4, 0.5) is 0 Å². The molecule has 0 saturated heterocycles. The molecular formula is C14H21N. The van der Waals surface area contributed by atoms with Crippen LogP contribution in [-0.4, -0.2) is 11.4 Å². The van der Waals surface area contributed by atoms with Gasteiger partial charge in [-0.25, -0.2) is 0 Å². The van der Waals surface area contributed by atoms with Crippen molar-refractivity contribution in [3.8, 4) is 0 Å². The van der Waals surface area contributed by atoms with Crippen LogP contribution >= 0.6 is 0 Å². The predicted octanol–water partition coefficient (Wildman–Crippen LogP) is 3.60. The molecule has 0 bridgehead atoms.